The van der Waals surface area contributed by atoms with E-state index in [1.807, 2.05) is 19.1 Å². The van der Waals surface area contributed by atoms with Gasteiger partial charge in [-0.25, -0.2) is 9.97 Å². The number of hydrogen-bond donors (Lipinski definition) is 1. The van der Waals surface area contributed by atoms with Crippen LogP contribution in [0.25, 0.3) is 5.57 Å². The van der Waals surface area contributed by atoms with Crippen LogP contribution in [0.5, 0.6) is 5.75 Å². The van der Waals surface area contributed by atoms with Gasteiger partial charge in [-0.05, 0) is 19.1 Å². The van der Waals surface area contributed by atoms with Crippen LogP contribution in [0.15, 0.2) is 62.1 Å². The van der Waals surface area contributed by atoms with E-state index in [9.17, 15) is 0 Å². The molecule has 5 nitrogen and oxygen atoms in total. The lowest BCUT2D eigenvalue weighted by atomic mass is 10.2. The van der Waals surface area contributed by atoms with Gasteiger partial charge < -0.3 is 10.1 Å². The third-order valence-corrected chi connectivity index (χ3v) is 2.77. The lowest BCUT2D eigenvalue weighted by Gasteiger charge is -2.12. The standard InChI is InChI=1S/C17H18N4O/c1-4-7-13(5-2)16-19-12-15(22-6-3)17(21-16)20-14-8-10-18-11-9-14/h4-5,7-12H,1-2,6H2,3H3,(H,18,19,20,21)/b13-7+. The Morgan fingerprint density at radius 1 is 1.32 bits per heavy atom. The first-order chi connectivity index (χ1) is 10.8. The zero-order valence-electron chi connectivity index (χ0n) is 12.5. The molecule has 0 unspecified atom stereocenters. The summed E-state index contributed by atoms with van der Waals surface area (Å²) < 4.78 is 5.57. The lowest BCUT2D eigenvalue weighted by Crippen LogP contribution is -2.04. The molecule has 0 saturated carbocycles. The molecule has 0 fully saturated rings. The number of rotatable bonds is 7. The van der Waals surface area contributed by atoms with E-state index < -0.39 is 0 Å². The van der Waals surface area contributed by atoms with Gasteiger partial charge in [-0.3, -0.25) is 4.98 Å². The Balaban J connectivity index is 2.41. The molecule has 2 rings (SSSR count). The fourth-order valence-electron chi connectivity index (χ4n) is 1.79. The summed E-state index contributed by atoms with van der Waals surface area (Å²) >= 11 is 0. The average molecular weight is 294 g/mol. The Morgan fingerprint density at radius 2 is 2.09 bits per heavy atom. The zero-order valence-corrected chi connectivity index (χ0v) is 12.5. The van der Waals surface area contributed by atoms with Crippen molar-refractivity contribution in [3.8, 4) is 5.75 Å². The first-order valence-corrected chi connectivity index (χ1v) is 6.91. The highest BCUT2D eigenvalue weighted by molar-refractivity contribution is 5.72. The number of nitrogens with one attached hydrogen (secondary N) is 1. The van der Waals surface area contributed by atoms with E-state index in [0.717, 1.165) is 11.3 Å². The minimum Gasteiger partial charge on any atom is -0.488 e. The summed E-state index contributed by atoms with van der Waals surface area (Å²) in [5.74, 6) is 1.73. The largest absolute Gasteiger partial charge is 0.488 e. The molecule has 2 heterocycles. The van der Waals surface area contributed by atoms with Crippen LogP contribution in [-0.2, 0) is 0 Å². The molecule has 0 radical (unpaired) electrons. The number of ether oxygens (including phenoxy) is 1. The van der Waals surface area contributed by atoms with Gasteiger partial charge in [-0.1, -0.05) is 31.4 Å². The summed E-state index contributed by atoms with van der Waals surface area (Å²) in [7, 11) is 0. The molecule has 2 aromatic heterocycles. The van der Waals surface area contributed by atoms with Gasteiger partial charge in [-0.2, -0.15) is 0 Å². The highest BCUT2D eigenvalue weighted by atomic mass is 16.5. The summed E-state index contributed by atoms with van der Waals surface area (Å²) in [5.41, 5.74) is 1.66. The fourth-order valence-corrected chi connectivity index (χ4v) is 1.79. The van der Waals surface area contributed by atoms with Gasteiger partial charge in [0.2, 0.25) is 0 Å². The molecule has 0 atom stereocenters. The summed E-state index contributed by atoms with van der Waals surface area (Å²) in [6, 6.07) is 3.71. The molecule has 0 aliphatic rings. The third-order valence-electron chi connectivity index (χ3n) is 2.77. The van der Waals surface area contributed by atoms with Crippen molar-refractivity contribution in [3.63, 3.8) is 0 Å². The van der Waals surface area contributed by atoms with E-state index in [0.29, 0.717) is 24.0 Å². The van der Waals surface area contributed by atoms with Crippen LogP contribution in [0, 0.1) is 0 Å². The lowest BCUT2D eigenvalue weighted by molar-refractivity contribution is 0.339. The number of nitrogens with zero attached hydrogens (tertiary/aromatic N) is 3. The van der Waals surface area contributed by atoms with Crippen LogP contribution >= 0.6 is 0 Å². The number of anilines is 2. The maximum Gasteiger partial charge on any atom is 0.180 e. The second-order valence-electron chi connectivity index (χ2n) is 4.26. The Morgan fingerprint density at radius 3 is 2.73 bits per heavy atom. The summed E-state index contributed by atoms with van der Waals surface area (Å²) in [6.45, 7) is 9.90. The topological polar surface area (TPSA) is 59.9 Å². The monoisotopic (exact) mass is 294 g/mol. The molecule has 2 aromatic rings. The molecule has 0 aliphatic carbocycles. The van der Waals surface area contributed by atoms with Crippen LogP contribution in [-0.4, -0.2) is 21.6 Å². The normalized spacial score (nSPS) is 10.9. The quantitative estimate of drug-likeness (QED) is 0.788. The van der Waals surface area contributed by atoms with E-state index in [1.54, 1.807) is 36.8 Å². The van der Waals surface area contributed by atoms with Gasteiger partial charge in [0.25, 0.3) is 0 Å². The maximum absolute atomic E-state index is 5.57. The van der Waals surface area contributed by atoms with Crippen molar-refractivity contribution in [1.29, 1.82) is 0 Å². The van der Waals surface area contributed by atoms with Gasteiger partial charge in [0.1, 0.15) is 0 Å². The van der Waals surface area contributed by atoms with Crippen LogP contribution in [0.2, 0.25) is 0 Å². The van der Waals surface area contributed by atoms with Crippen molar-refractivity contribution >= 4 is 17.1 Å². The molecule has 1 N–H and O–H groups in total. The van der Waals surface area contributed by atoms with Crippen molar-refractivity contribution in [3.05, 3.63) is 67.9 Å². The minimum absolute atomic E-state index is 0.532. The molecule has 0 amide bonds. The zero-order chi connectivity index (χ0) is 15.8. The molecule has 0 aliphatic heterocycles. The smallest absolute Gasteiger partial charge is 0.180 e. The molecule has 112 valence electrons. The van der Waals surface area contributed by atoms with E-state index in [4.69, 9.17) is 4.74 Å². The molecule has 22 heavy (non-hydrogen) atoms. The third kappa shape index (κ3) is 3.79. The van der Waals surface area contributed by atoms with Gasteiger partial charge >= 0.3 is 0 Å². The van der Waals surface area contributed by atoms with Crippen molar-refractivity contribution in [2.75, 3.05) is 11.9 Å². The van der Waals surface area contributed by atoms with Crippen molar-refractivity contribution in [2.45, 2.75) is 6.92 Å². The molecule has 0 saturated heterocycles. The van der Waals surface area contributed by atoms with E-state index in [1.165, 1.54) is 0 Å². The first kappa shape index (κ1) is 15.4. The molecular weight excluding hydrogens is 276 g/mol. The fraction of sp³-hybridized carbons (Fsp3) is 0.118. The predicted octanol–water partition coefficient (Wildman–Crippen LogP) is 3.77. The van der Waals surface area contributed by atoms with Crippen LogP contribution in [0.4, 0.5) is 11.5 Å². The van der Waals surface area contributed by atoms with Crippen LogP contribution in [0.3, 0.4) is 0 Å². The Labute approximate surface area is 130 Å². The van der Waals surface area contributed by atoms with Gasteiger partial charge in [0, 0.05) is 23.7 Å². The molecular formula is C17H18N4O. The number of pyridine rings is 1. The van der Waals surface area contributed by atoms with E-state index >= 15 is 0 Å². The van der Waals surface area contributed by atoms with Crippen LogP contribution < -0.4 is 10.1 Å². The van der Waals surface area contributed by atoms with Gasteiger partial charge in [0.15, 0.2) is 17.4 Å². The van der Waals surface area contributed by atoms with Gasteiger partial charge in [-0.15, -0.1) is 0 Å². The number of hydrogen-bond acceptors (Lipinski definition) is 5. The number of aromatic nitrogens is 3. The maximum atomic E-state index is 5.57. The van der Waals surface area contributed by atoms with Crippen molar-refractivity contribution in [2.24, 2.45) is 0 Å². The summed E-state index contributed by atoms with van der Waals surface area (Å²) in [6.07, 6.45) is 10.2. The number of allylic oxidation sites excluding steroid dienone is 4. The first-order valence-electron chi connectivity index (χ1n) is 6.91. The second kappa shape index (κ2) is 7.73. The SMILES string of the molecule is C=C/C=C(\C=C)c1ncc(OCC)c(Nc2ccncc2)n1. The minimum atomic E-state index is 0.532. The Kier molecular flexibility index (Phi) is 5.43. The van der Waals surface area contributed by atoms with E-state index in [2.05, 4.69) is 33.4 Å². The Bertz CT molecular complexity index is 680. The predicted molar refractivity (Wildman–Crippen MR) is 89.1 cm³/mol. The van der Waals surface area contributed by atoms with Crippen LogP contribution in [0.1, 0.15) is 12.7 Å². The highest BCUT2D eigenvalue weighted by Crippen LogP contribution is 2.26. The van der Waals surface area contributed by atoms with Crippen molar-refractivity contribution in [1.82, 2.24) is 15.0 Å². The molecule has 0 bridgehead atoms. The molecule has 0 spiro atoms. The second-order valence-corrected chi connectivity index (χ2v) is 4.26. The van der Waals surface area contributed by atoms with E-state index in [-0.39, 0.29) is 0 Å². The molecule has 0 aromatic carbocycles. The summed E-state index contributed by atoms with van der Waals surface area (Å²) in [5, 5.41) is 3.22. The van der Waals surface area contributed by atoms with Crippen molar-refractivity contribution < 1.29 is 4.74 Å². The average Bonchev–Trinajstić information content (AvgIpc) is 2.55. The van der Waals surface area contributed by atoms with Gasteiger partial charge in [0.05, 0.1) is 12.8 Å². The molecule has 5 heteroatoms. The highest BCUT2D eigenvalue weighted by Gasteiger charge is 2.10. The summed E-state index contributed by atoms with van der Waals surface area (Å²) in [4.78, 5) is 12.8. The Hall–Kier alpha value is -2.95.